The summed E-state index contributed by atoms with van der Waals surface area (Å²) in [6, 6.07) is 14.6. The van der Waals surface area contributed by atoms with Crippen LogP contribution >= 0.6 is 0 Å². The molecule has 1 heterocycles. The van der Waals surface area contributed by atoms with E-state index in [1.54, 1.807) is 37.5 Å². The van der Waals surface area contributed by atoms with E-state index in [2.05, 4.69) is 33.5 Å². The van der Waals surface area contributed by atoms with Gasteiger partial charge in [0.1, 0.15) is 17.2 Å². The maximum atomic E-state index is 12.5. The summed E-state index contributed by atoms with van der Waals surface area (Å²) < 4.78 is 52.6. The predicted molar refractivity (Wildman–Crippen MR) is 135 cm³/mol. The number of anilines is 2. The van der Waals surface area contributed by atoms with Crippen LogP contribution in [0.4, 0.5) is 29.3 Å². The monoisotopic (exact) mass is 513 g/mol. The molecule has 0 saturated heterocycles. The Labute approximate surface area is 212 Å². The number of carbonyl (C=O) groups excluding carboxylic acids is 1. The van der Waals surface area contributed by atoms with Crippen molar-refractivity contribution in [1.82, 2.24) is 4.98 Å². The Morgan fingerprint density at radius 1 is 0.973 bits per heavy atom. The molecule has 194 valence electrons. The minimum atomic E-state index is -4.80. The number of ether oxygens (including phenoxy) is 3. The maximum Gasteiger partial charge on any atom is 0.573 e. The van der Waals surface area contributed by atoms with Gasteiger partial charge in [-0.15, -0.1) is 26.3 Å². The van der Waals surface area contributed by atoms with Gasteiger partial charge in [-0.1, -0.05) is 24.3 Å². The normalized spacial score (nSPS) is 11.4. The highest BCUT2D eigenvalue weighted by Crippen LogP contribution is 2.36. The number of rotatable bonds is 11. The standard InChI is InChI=1S/C27H26F3N3O4/c1-4-15-26(35-3,16-5-2)19-8-6-9-22(18-19)36-24-23(10-7-17-31-24)33-25(34)32-20-11-13-21(14-12-20)37-27(28,29)30/h4-14,17-18H,1-2,15-16H2,3H3,(H2,32,33,34). The summed E-state index contributed by atoms with van der Waals surface area (Å²) in [5, 5.41) is 5.16. The first-order valence-corrected chi connectivity index (χ1v) is 11.1. The summed E-state index contributed by atoms with van der Waals surface area (Å²) >= 11 is 0. The third kappa shape index (κ3) is 7.58. The molecule has 0 radical (unpaired) electrons. The molecule has 0 aliphatic rings. The number of halogens is 3. The third-order valence-corrected chi connectivity index (χ3v) is 5.28. The highest BCUT2D eigenvalue weighted by Gasteiger charge is 2.31. The number of aromatic nitrogens is 1. The van der Waals surface area contributed by atoms with Crippen molar-refractivity contribution in [1.29, 1.82) is 0 Å². The van der Waals surface area contributed by atoms with Gasteiger partial charge in [0, 0.05) is 19.0 Å². The van der Waals surface area contributed by atoms with E-state index in [0.717, 1.165) is 17.7 Å². The average molecular weight is 514 g/mol. The van der Waals surface area contributed by atoms with Crippen LogP contribution in [0.1, 0.15) is 18.4 Å². The minimum absolute atomic E-state index is 0.138. The molecule has 0 aliphatic carbocycles. The number of alkyl halides is 3. The van der Waals surface area contributed by atoms with Gasteiger partial charge in [0.15, 0.2) is 0 Å². The fraction of sp³-hybridized carbons (Fsp3) is 0.185. The first-order chi connectivity index (χ1) is 17.7. The summed E-state index contributed by atoms with van der Waals surface area (Å²) in [4.78, 5) is 16.7. The van der Waals surface area contributed by atoms with Gasteiger partial charge in [-0.2, -0.15) is 0 Å². The van der Waals surface area contributed by atoms with E-state index in [1.165, 1.54) is 18.3 Å². The minimum Gasteiger partial charge on any atom is -0.437 e. The van der Waals surface area contributed by atoms with Crippen molar-refractivity contribution in [2.24, 2.45) is 0 Å². The zero-order chi connectivity index (χ0) is 26.9. The Bertz CT molecular complexity index is 1220. The van der Waals surface area contributed by atoms with Crippen LogP contribution in [-0.4, -0.2) is 24.5 Å². The van der Waals surface area contributed by atoms with Gasteiger partial charge >= 0.3 is 12.4 Å². The van der Waals surface area contributed by atoms with Crippen LogP contribution in [0.15, 0.2) is 92.2 Å². The van der Waals surface area contributed by atoms with E-state index in [-0.39, 0.29) is 17.3 Å². The molecule has 37 heavy (non-hydrogen) atoms. The number of hydrogen-bond donors (Lipinski definition) is 2. The van der Waals surface area contributed by atoms with Gasteiger partial charge in [-0.05, 0) is 66.9 Å². The molecule has 3 aromatic rings. The lowest BCUT2D eigenvalue weighted by molar-refractivity contribution is -0.274. The molecule has 2 N–H and O–H groups in total. The van der Waals surface area contributed by atoms with Crippen LogP contribution in [-0.2, 0) is 10.3 Å². The number of amides is 2. The molecule has 1 aromatic heterocycles. The largest absolute Gasteiger partial charge is 0.573 e. The highest BCUT2D eigenvalue weighted by molar-refractivity contribution is 6.00. The van der Waals surface area contributed by atoms with Crippen LogP contribution < -0.4 is 20.1 Å². The van der Waals surface area contributed by atoms with Gasteiger partial charge < -0.3 is 24.8 Å². The average Bonchev–Trinajstić information content (AvgIpc) is 2.85. The molecule has 0 spiro atoms. The van der Waals surface area contributed by atoms with Crippen LogP contribution in [0.25, 0.3) is 0 Å². The molecule has 0 saturated carbocycles. The molecule has 2 aromatic carbocycles. The summed E-state index contributed by atoms with van der Waals surface area (Å²) in [7, 11) is 1.62. The topological polar surface area (TPSA) is 81.7 Å². The van der Waals surface area contributed by atoms with Gasteiger partial charge in [0.2, 0.25) is 5.88 Å². The second-order valence-electron chi connectivity index (χ2n) is 7.82. The molecule has 0 fully saturated rings. The molecule has 0 aliphatic heterocycles. The molecule has 0 bridgehead atoms. The first kappa shape index (κ1) is 27.3. The second kappa shape index (κ2) is 12.1. The van der Waals surface area contributed by atoms with E-state index in [4.69, 9.17) is 9.47 Å². The smallest absolute Gasteiger partial charge is 0.437 e. The maximum absolute atomic E-state index is 12.5. The van der Waals surface area contributed by atoms with Crippen molar-refractivity contribution in [3.05, 3.63) is 97.7 Å². The Hall–Kier alpha value is -4.31. The van der Waals surface area contributed by atoms with Gasteiger partial charge in [0.25, 0.3) is 0 Å². The summed E-state index contributed by atoms with van der Waals surface area (Å²) in [5.74, 6) is 0.205. The molecule has 10 heteroatoms. The van der Waals surface area contributed by atoms with Gasteiger partial charge in [-0.25, -0.2) is 9.78 Å². The summed E-state index contributed by atoms with van der Waals surface area (Å²) in [6.07, 6.45) is 1.37. The van der Waals surface area contributed by atoms with Gasteiger partial charge in [0.05, 0.1) is 5.60 Å². The quantitative estimate of drug-likeness (QED) is 0.261. The Balaban J connectivity index is 1.74. The third-order valence-electron chi connectivity index (χ3n) is 5.28. The van der Waals surface area contributed by atoms with Crippen molar-refractivity contribution >= 4 is 17.4 Å². The van der Waals surface area contributed by atoms with Crippen molar-refractivity contribution < 1.29 is 32.2 Å². The number of benzene rings is 2. The molecule has 2 amide bonds. The molecular formula is C27H26F3N3O4. The SMILES string of the molecule is C=CCC(CC=C)(OC)c1cccc(Oc2ncccc2NC(=O)Nc2ccc(OC(F)(F)F)cc2)c1. The van der Waals surface area contributed by atoms with E-state index in [1.807, 2.05) is 18.2 Å². The number of urea groups is 1. The number of nitrogens with one attached hydrogen (secondary N) is 2. The highest BCUT2D eigenvalue weighted by atomic mass is 19.4. The fourth-order valence-electron chi connectivity index (χ4n) is 3.62. The lowest BCUT2D eigenvalue weighted by Crippen LogP contribution is -2.27. The number of hydrogen-bond acceptors (Lipinski definition) is 5. The van der Waals surface area contributed by atoms with Crippen molar-refractivity contribution in [2.75, 3.05) is 17.7 Å². The van der Waals surface area contributed by atoms with Crippen molar-refractivity contribution in [3.8, 4) is 17.4 Å². The number of pyridine rings is 1. The van der Waals surface area contributed by atoms with E-state index < -0.39 is 23.7 Å². The molecule has 0 atom stereocenters. The zero-order valence-electron chi connectivity index (χ0n) is 20.0. The van der Waals surface area contributed by atoms with Crippen LogP contribution in [0.3, 0.4) is 0 Å². The Kier molecular flexibility index (Phi) is 8.91. The summed E-state index contributed by atoms with van der Waals surface area (Å²) in [5.41, 5.74) is 0.728. The van der Waals surface area contributed by atoms with Gasteiger partial charge in [-0.3, -0.25) is 0 Å². The zero-order valence-corrected chi connectivity index (χ0v) is 20.0. The van der Waals surface area contributed by atoms with Crippen LogP contribution in [0.5, 0.6) is 17.4 Å². The second-order valence-corrected chi connectivity index (χ2v) is 7.82. The van der Waals surface area contributed by atoms with Crippen LogP contribution in [0, 0.1) is 0 Å². The fourth-order valence-corrected chi connectivity index (χ4v) is 3.62. The molecule has 3 rings (SSSR count). The Morgan fingerprint density at radius 3 is 2.30 bits per heavy atom. The van der Waals surface area contributed by atoms with E-state index in [9.17, 15) is 18.0 Å². The number of methoxy groups -OCH3 is 1. The Morgan fingerprint density at radius 2 is 1.68 bits per heavy atom. The first-order valence-electron chi connectivity index (χ1n) is 11.1. The number of nitrogens with zero attached hydrogens (tertiary/aromatic N) is 1. The molecular weight excluding hydrogens is 487 g/mol. The van der Waals surface area contributed by atoms with E-state index >= 15 is 0 Å². The molecule has 7 nitrogen and oxygen atoms in total. The lowest BCUT2D eigenvalue weighted by atomic mass is 9.87. The van der Waals surface area contributed by atoms with Crippen LogP contribution in [0.2, 0.25) is 0 Å². The number of carbonyl (C=O) groups is 1. The molecule has 0 unspecified atom stereocenters. The summed E-state index contributed by atoms with van der Waals surface area (Å²) in [6.45, 7) is 7.65. The predicted octanol–water partition coefficient (Wildman–Crippen LogP) is 7.41. The van der Waals surface area contributed by atoms with Crippen molar-refractivity contribution in [3.63, 3.8) is 0 Å². The van der Waals surface area contributed by atoms with E-state index in [0.29, 0.717) is 18.6 Å². The lowest BCUT2D eigenvalue weighted by Gasteiger charge is -2.31. The van der Waals surface area contributed by atoms with Crippen molar-refractivity contribution in [2.45, 2.75) is 24.8 Å².